The number of piperazine rings is 1. The van der Waals surface area contributed by atoms with Gasteiger partial charge in [-0.1, -0.05) is 18.2 Å². The SMILES string of the molecule is CCOC(=O)[C@@H]1C(=O)NC(N2CCN(c3ccccc3)CC2)=N[C@H]1c1cc(OC)c(OC)c(OC)c1. The van der Waals surface area contributed by atoms with Crippen molar-refractivity contribution in [2.45, 2.75) is 13.0 Å². The topological polar surface area (TPSA) is 102 Å². The van der Waals surface area contributed by atoms with Crippen LogP contribution in [0.5, 0.6) is 17.2 Å². The Morgan fingerprint density at radius 1 is 0.972 bits per heavy atom. The second-order valence-corrected chi connectivity index (χ2v) is 8.38. The van der Waals surface area contributed by atoms with Gasteiger partial charge in [-0.25, -0.2) is 4.99 Å². The molecule has 0 aliphatic carbocycles. The van der Waals surface area contributed by atoms with Gasteiger partial charge in [-0.3, -0.25) is 14.9 Å². The van der Waals surface area contributed by atoms with E-state index in [0.717, 1.165) is 18.8 Å². The lowest BCUT2D eigenvalue weighted by atomic mass is 9.90. The Bertz CT molecular complexity index is 1090. The van der Waals surface area contributed by atoms with E-state index in [4.69, 9.17) is 23.9 Å². The summed E-state index contributed by atoms with van der Waals surface area (Å²) in [5, 5.41) is 2.84. The number of nitrogens with one attached hydrogen (secondary N) is 1. The normalized spacial score (nSPS) is 19.8. The predicted octanol–water partition coefficient (Wildman–Crippen LogP) is 2.24. The zero-order valence-electron chi connectivity index (χ0n) is 21.0. The van der Waals surface area contributed by atoms with Crippen molar-refractivity contribution in [2.24, 2.45) is 10.9 Å². The lowest BCUT2D eigenvalue weighted by molar-refractivity contribution is -0.153. The van der Waals surface area contributed by atoms with E-state index < -0.39 is 23.8 Å². The highest BCUT2D eigenvalue weighted by atomic mass is 16.5. The first-order chi connectivity index (χ1) is 17.5. The summed E-state index contributed by atoms with van der Waals surface area (Å²) in [6.45, 7) is 4.74. The highest BCUT2D eigenvalue weighted by molar-refractivity contribution is 6.08. The monoisotopic (exact) mass is 496 g/mol. The number of ether oxygens (including phenoxy) is 4. The third-order valence-corrected chi connectivity index (χ3v) is 6.36. The van der Waals surface area contributed by atoms with E-state index in [0.29, 0.717) is 41.9 Å². The molecule has 2 aromatic rings. The van der Waals surface area contributed by atoms with Crippen LogP contribution in [0.3, 0.4) is 0 Å². The summed E-state index contributed by atoms with van der Waals surface area (Å²) < 4.78 is 21.6. The Morgan fingerprint density at radius 2 is 1.58 bits per heavy atom. The molecule has 1 fully saturated rings. The fraction of sp³-hybridized carbons (Fsp3) is 0.423. The molecule has 2 heterocycles. The van der Waals surface area contributed by atoms with E-state index in [2.05, 4.69) is 22.3 Å². The van der Waals surface area contributed by atoms with Crippen molar-refractivity contribution in [3.8, 4) is 17.2 Å². The van der Waals surface area contributed by atoms with Crippen molar-refractivity contribution in [3.63, 3.8) is 0 Å². The Balaban J connectivity index is 1.67. The molecule has 36 heavy (non-hydrogen) atoms. The lowest BCUT2D eigenvalue weighted by Gasteiger charge is -2.39. The molecule has 2 aromatic carbocycles. The average molecular weight is 497 g/mol. The van der Waals surface area contributed by atoms with Crippen LogP contribution >= 0.6 is 0 Å². The van der Waals surface area contributed by atoms with Crippen molar-refractivity contribution in [2.75, 3.05) is 59.0 Å². The van der Waals surface area contributed by atoms with Gasteiger partial charge in [-0.15, -0.1) is 0 Å². The highest BCUT2D eigenvalue weighted by Crippen LogP contribution is 2.42. The first kappa shape index (κ1) is 25.2. The number of aliphatic imine (C=N–C) groups is 1. The maximum absolute atomic E-state index is 13.2. The van der Waals surface area contributed by atoms with Crippen molar-refractivity contribution >= 4 is 23.5 Å². The molecular weight excluding hydrogens is 464 g/mol. The summed E-state index contributed by atoms with van der Waals surface area (Å²) in [5.74, 6) is -0.567. The number of hydrogen-bond donors (Lipinski definition) is 1. The maximum Gasteiger partial charge on any atom is 0.321 e. The van der Waals surface area contributed by atoms with Gasteiger partial charge in [-0.05, 0) is 36.8 Å². The summed E-state index contributed by atoms with van der Waals surface area (Å²) in [5.41, 5.74) is 1.74. The molecule has 2 aliphatic heterocycles. The van der Waals surface area contributed by atoms with Crippen LogP contribution < -0.4 is 24.4 Å². The van der Waals surface area contributed by atoms with Crippen LogP contribution in [0.2, 0.25) is 0 Å². The summed E-state index contributed by atoms with van der Waals surface area (Å²) in [6, 6.07) is 12.8. The van der Waals surface area contributed by atoms with Gasteiger partial charge in [0.2, 0.25) is 17.6 Å². The zero-order chi connectivity index (χ0) is 25.7. The quantitative estimate of drug-likeness (QED) is 0.460. The largest absolute Gasteiger partial charge is 0.493 e. The van der Waals surface area contributed by atoms with Crippen LogP contribution in [-0.2, 0) is 14.3 Å². The fourth-order valence-electron chi connectivity index (χ4n) is 4.55. The van der Waals surface area contributed by atoms with E-state index in [1.54, 1.807) is 19.1 Å². The van der Waals surface area contributed by atoms with Crippen LogP contribution in [0.1, 0.15) is 18.5 Å². The van der Waals surface area contributed by atoms with Crippen molar-refractivity contribution in [1.82, 2.24) is 10.2 Å². The number of carbonyl (C=O) groups is 2. The number of methoxy groups -OCH3 is 3. The second-order valence-electron chi connectivity index (χ2n) is 8.38. The van der Waals surface area contributed by atoms with Crippen molar-refractivity contribution in [3.05, 3.63) is 48.0 Å². The maximum atomic E-state index is 13.2. The summed E-state index contributed by atoms with van der Waals surface area (Å²) in [6.07, 6.45) is 0. The molecule has 1 amide bonds. The Kier molecular flexibility index (Phi) is 7.82. The molecule has 10 heteroatoms. The number of anilines is 1. The number of benzene rings is 2. The number of esters is 1. The molecule has 1 N–H and O–H groups in total. The van der Waals surface area contributed by atoms with Gasteiger partial charge >= 0.3 is 5.97 Å². The smallest absolute Gasteiger partial charge is 0.321 e. The Morgan fingerprint density at radius 3 is 2.14 bits per heavy atom. The molecule has 0 unspecified atom stereocenters. The molecule has 0 spiro atoms. The molecule has 0 radical (unpaired) electrons. The minimum atomic E-state index is -1.15. The summed E-state index contributed by atoms with van der Waals surface area (Å²) in [4.78, 5) is 35.3. The highest BCUT2D eigenvalue weighted by Gasteiger charge is 2.43. The number of nitrogens with zero attached hydrogens (tertiary/aromatic N) is 3. The van der Waals surface area contributed by atoms with E-state index >= 15 is 0 Å². The van der Waals surface area contributed by atoms with Crippen LogP contribution in [0.25, 0.3) is 0 Å². The van der Waals surface area contributed by atoms with Crippen LogP contribution in [0, 0.1) is 5.92 Å². The van der Waals surface area contributed by atoms with Gasteiger partial charge in [-0.2, -0.15) is 0 Å². The van der Waals surface area contributed by atoms with Gasteiger partial charge in [0.15, 0.2) is 17.4 Å². The molecule has 10 nitrogen and oxygen atoms in total. The minimum Gasteiger partial charge on any atom is -0.493 e. The number of para-hydroxylation sites is 1. The van der Waals surface area contributed by atoms with E-state index in [1.807, 2.05) is 23.1 Å². The third kappa shape index (κ3) is 5.02. The standard InChI is InChI=1S/C26H32N4O6/c1-5-36-25(32)21-22(17-15-19(33-2)23(35-4)20(16-17)34-3)27-26(28-24(21)31)30-13-11-29(12-14-30)18-9-7-6-8-10-18/h6-10,15-16,21-22H,5,11-14H2,1-4H3,(H,27,28,31)/t21-,22-/m0/s1. The number of rotatable bonds is 7. The third-order valence-electron chi connectivity index (χ3n) is 6.36. The molecule has 1 saturated heterocycles. The first-order valence-corrected chi connectivity index (χ1v) is 11.9. The number of guanidine groups is 1. The Hall–Kier alpha value is -3.95. The summed E-state index contributed by atoms with van der Waals surface area (Å²) in [7, 11) is 4.54. The lowest BCUT2D eigenvalue weighted by Crippen LogP contribution is -2.57. The predicted molar refractivity (Wildman–Crippen MR) is 135 cm³/mol. The summed E-state index contributed by atoms with van der Waals surface area (Å²) >= 11 is 0. The minimum absolute atomic E-state index is 0.155. The van der Waals surface area contributed by atoms with Crippen molar-refractivity contribution < 1.29 is 28.5 Å². The first-order valence-electron chi connectivity index (χ1n) is 11.9. The second kappa shape index (κ2) is 11.2. The fourth-order valence-corrected chi connectivity index (χ4v) is 4.55. The van der Waals surface area contributed by atoms with Gasteiger partial charge in [0, 0.05) is 31.9 Å². The van der Waals surface area contributed by atoms with E-state index in [1.165, 1.54) is 21.3 Å². The molecule has 4 rings (SSSR count). The number of carbonyl (C=O) groups excluding carboxylic acids is 2. The van der Waals surface area contributed by atoms with E-state index in [-0.39, 0.29) is 6.61 Å². The molecule has 192 valence electrons. The molecule has 2 atom stereocenters. The Labute approximate surface area is 210 Å². The number of hydrogen-bond acceptors (Lipinski definition) is 9. The molecular formula is C26H32N4O6. The average Bonchev–Trinajstić information content (AvgIpc) is 2.92. The molecule has 0 aromatic heterocycles. The van der Waals surface area contributed by atoms with Gasteiger partial charge < -0.3 is 28.7 Å². The molecule has 0 bridgehead atoms. The van der Waals surface area contributed by atoms with Crippen LogP contribution in [0.15, 0.2) is 47.5 Å². The van der Waals surface area contributed by atoms with Gasteiger partial charge in [0.25, 0.3) is 0 Å². The van der Waals surface area contributed by atoms with Crippen LogP contribution in [0.4, 0.5) is 5.69 Å². The van der Waals surface area contributed by atoms with Gasteiger partial charge in [0.1, 0.15) is 6.04 Å². The molecule has 2 aliphatic rings. The molecule has 0 saturated carbocycles. The van der Waals surface area contributed by atoms with Crippen molar-refractivity contribution in [1.29, 1.82) is 0 Å². The number of amides is 1. The zero-order valence-corrected chi connectivity index (χ0v) is 21.0. The van der Waals surface area contributed by atoms with Crippen LogP contribution in [-0.4, -0.2) is 76.9 Å². The van der Waals surface area contributed by atoms with Gasteiger partial charge in [0.05, 0.1) is 27.9 Å². The van der Waals surface area contributed by atoms with E-state index in [9.17, 15) is 9.59 Å².